The molecule has 1 aromatic rings. The number of rotatable bonds is 2. The largest absolute Gasteiger partial charge is 0.335 e. The summed E-state index contributed by atoms with van der Waals surface area (Å²) in [7, 11) is 0. The van der Waals surface area contributed by atoms with Crippen molar-refractivity contribution < 1.29 is 4.79 Å². The van der Waals surface area contributed by atoms with E-state index in [-0.39, 0.29) is 5.91 Å². The van der Waals surface area contributed by atoms with Crippen molar-refractivity contribution in [3.63, 3.8) is 0 Å². The number of carbonyl (C=O) groups is 1. The lowest BCUT2D eigenvalue weighted by Gasteiger charge is -2.33. The second-order valence-electron chi connectivity index (χ2n) is 4.27. The lowest BCUT2D eigenvalue weighted by molar-refractivity contribution is 0.0646. The van der Waals surface area contributed by atoms with Gasteiger partial charge in [-0.3, -0.25) is 9.69 Å². The summed E-state index contributed by atoms with van der Waals surface area (Å²) in [5.74, 6) is -0.124. The van der Waals surface area contributed by atoms with E-state index < -0.39 is 0 Å². The minimum absolute atomic E-state index is 0.124. The van der Waals surface area contributed by atoms with E-state index in [1.54, 1.807) is 17.0 Å². The molecule has 0 bridgehead atoms. The predicted octanol–water partition coefficient (Wildman–Crippen LogP) is 0.235. The molecule has 0 aliphatic carbocycles. The number of pyridine rings is 1. The summed E-state index contributed by atoms with van der Waals surface area (Å²) in [5, 5.41) is 17.3. The summed E-state index contributed by atoms with van der Waals surface area (Å²) in [6.07, 6.45) is 1.40. The second-order valence-corrected chi connectivity index (χ2v) is 4.27. The monoisotopic (exact) mass is 255 g/mol. The molecule has 1 aromatic heterocycles. The number of piperazine rings is 1. The molecule has 2 heterocycles. The molecule has 1 aliphatic heterocycles. The molecule has 6 heteroatoms. The van der Waals surface area contributed by atoms with Crippen molar-refractivity contribution in [2.24, 2.45) is 0 Å². The van der Waals surface area contributed by atoms with Crippen LogP contribution in [0, 0.1) is 22.7 Å². The zero-order chi connectivity index (χ0) is 13.7. The molecule has 2 rings (SSSR count). The standard InChI is InChI=1S/C13H13N5O/c14-3-4-17-5-7-18(8-6-17)13(19)12-2-1-11(9-15)10-16-12/h1-2,10H,4-8H2. The fraction of sp³-hybridized carbons (Fsp3) is 0.385. The third-order valence-electron chi connectivity index (χ3n) is 3.07. The first-order valence-corrected chi connectivity index (χ1v) is 5.99. The van der Waals surface area contributed by atoms with E-state index in [4.69, 9.17) is 10.5 Å². The van der Waals surface area contributed by atoms with Gasteiger partial charge in [0.15, 0.2) is 0 Å². The Balaban J connectivity index is 1.97. The molecule has 96 valence electrons. The number of nitrogens with zero attached hydrogens (tertiary/aromatic N) is 5. The molecule has 1 amide bonds. The molecule has 1 aliphatic rings. The van der Waals surface area contributed by atoms with E-state index in [9.17, 15) is 4.79 Å². The molecule has 6 nitrogen and oxygen atoms in total. The number of amides is 1. The van der Waals surface area contributed by atoms with Gasteiger partial charge < -0.3 is 4.90 Å². The van der Waals surface area contributed by atoms with Crippen LogP contribution in [0.3, 0.4) is 0 Å². The summed E-state index contributed by atoms with van der Waals surface area (Å²) in [4.78, 5) is 19.9. The minimum Gasteiger partial charge on any atom is -0.335 e. The van der Waals surface area contributed by atoms with Gasteiger partial charge in [-0.25, -0.2) is 4.98 Å². The smallest absolute Gasteiger partial charge is 0.272 e. The fourth-order valence-corrected chi connectivity index (χ4v) is 1.96. The molecule has 0 N–H and O–H groups in total. The predicted molar refractivity (Wildman–Crippen MR) is 66.9 cm³/mol. The van der Waals surface area contributed by atoms with E-state index in [2.05, 4.69) is 11.1 Å². The van der Waals surface area contributed by atoms with Crippen LogP contribution in [0.1, 0.15) is 16.1 Å². The van der Waals surface area contributed by atoms with Crippen molar-refractivity contribution in [3.8, 4) is 12.1 Å². The normalized spacial score (nSPS) is 15.6. The first-order chi connectivity index (χ1) is 9.24. The van der Waals surface area contributed by atoms with Gasteiger partial charge in [0, 0.05) is 32.4 Å². The molecule has 0 aromatic carbocycles. The third kappa shape index (κ3) is 3.06. The van der Waals surface area contributed by atoms with Crippen LogP contribution in [-0.2, 0) is 0 Å². The van der Waals surface area contributed by atoms with Crippen LogP contribution in [0.5, 0.6) is 0 Å². The molecule has 19 heavy (non-hydrogen) atoms. The number of hydrogen-bond donors (Lipinski definition) is 0. The van der Waals surface area contributed by atoms with Crippen molar-refractivity contribution in [2.75, 3.05) is 32.7 Å². The Hall–Kier alpha value is -2.44. The van der Waals surface area contributed by atoms with E-state index in [0.717, 1.165) is 0 Å². The SMILES string of the molecule is N#CCN1CCN(C(=O)c2ccc(C#N)cn2)CC1. The first-order valence-electron chi connectivity index (χ1n) is 5.99. The Kier molecular flexibility index (Phi) is 4.07. The second kappa shape index (κ2) is 5.94. The van der Waals surface area contributed by atoms with E-state index in [1.807, 2.05) is 11.0 Å². The lowest BCUT2D eigenvalue weighted by Crippen LogP contribution is -2.48. The third-order valence-corrected chi connectivity index (χ3v) is 3.07. The van der Waals surface area contributed by atoms with Crippen LogP contribution in [0.2, 0.25) is 0 Å². The van der Waals surface area contributed by atoms with Crippen LogP contribution in [0.25, 0.3) is 0 Å². The number of hydrogen-bond acceptors (Lipinski definition) is 5. The quantitative estimate of drug-likeness (QED) is 0.706. The molecular weight excluding hydrogens is 242 g/mol. The molecule has 0 unspecified atom stereocenters. The van der Waals surface area contributed by atoms with Crippen molar-refractivity contribution in [1.29, 1.82) is 10.5 Å². The van der Waals surface area contributed by atoms with Gasteiger partial charge in [-0.15, -0.1) is 0 Å². The minimum atomic E-state index is -0.124. The van der Waals surface area contributed by atoms with Crippen LogP contribution in [-0.4, -0.2) is 53.4 Å². The summed E-state index contributed by atoms with van der Waals surface area (Å²) >= 11 is 0. The Morgan fingerprint density at radius 2 is 2.00 bits per heavy atom. The summed E-state index contributed by atoms with van der Waals surface area (Å²) in [6.45, 7) is 3.01. The molecule has 0 saturated carbocycles. The van der Waals surface area contributed by atoms with Crippen molar-refractivity contribution in [1.82, 2.24) is 14.8 Å². The number of nitriles is 2. The highest BCUT2D eigenvalue weighted by atomic mass is 16.2. The van der Waals surface area contributed by atoms with Crippen LogP contribution < -0.4 is 0 Å². The van der Waals surface area contributed by atoms with Crippen molar-refractivity contribution in [2.45, 2.75) is 0 Å². The Labute approximate surface area is 111 Å². The average Bonchev–Trinajstić information content (AvgIpc) is 2.48. The van der Waals surface area contributed by atoms with Gasteiger partial charge in [0.2, 0.25) is 0 Å². The molecule has 0 atom stereocenters. The van der Waals surface area contributed by atoms with Crippen LogP contribution >= 0.6 is 0 Å². The zero-order valence-electron chi connectivity index (χ0n) is 10.4. The molecule has 0 radical (unpaired) electrons. The summed E-state index contributed by atoms with van der Waals surface area (Å²) in [5.41, 5.74) is 0.795. The number of carbonyl (C=O) groups excluding carboxylic acids is 1. The van der Waals surface area contributed by atoms with Gasteiger partial charge in [-0.2, -0.15) is 10.5 Å². The first kappa shape index (κ1) is 13.0. The van der Waals surface area contributed by atoms with E-state index in [1.165, 1.54) is 6.20 Å². The highest BCUT2D eigenvalue weighted by Crippen LogP contribution is 2.07. The maximum atomic E-state index is 12.2. The van der Waals surface area contributed by atoms with Gasteiger partial charge in [-0.1, -0.05) is 0 Å². The lowest BCUT2D eigenvalue weighted by atomic mass is 10.2. The van der Waals surface area contributed by atoms with Crippen LogP contribution in [0.15, 0.2) is 18.3 Å². The van der Waals surface area contributed by atoms with Gasteiger partial charge in [0.25, 0.3) is 5.91 Å². The fourth-order valence-electron chi connectivity index (χ4n) is 1.96. The highest BCUT2D eigenvalue weighted by Gasteiger charge is 2.22. The van der Waals surface area contributed by atoms with Gasteiger partial charge in [0.1, 0.15) is 11.8 Å². The Morgan fingerprint density at radius 1 is 1.26 bits per heavy atom. The molecule has 0 spiro atoms. The average molecular weight is 255 g/mol. The maximum Gasteiger partial charge on any atom is 0.272 e. The molecular formula is C13H13N5O. The van der Waals surface area contributed by atoms with Crippen LogP contribution in [0.4, 0.5) is 0 Å². The van der Waals surface area contributed by atoms with Gasteiger partial charge in [-0.05, 0) is 12.1 Å². The van der Waals surface area contributed by atoms with E-state index in [0.29, 0.717) is 44.0 Å². The van der Waals surface area contributed by atoms with Crippen molar-refractivity contribution >= 4 is 5.91 Å². The van der Waals surface area contributed by atoms with Gasteiger partial charge in [0.05, 0.1) is 18.2 Å². The van der Waals surface area contributed by atoms with E-state index >= 15 is 0 Å². The topological polar surface area (TPSA) is 84.0 Å². The van der Waals surface area contributed by atoms with Gasteiger partial charge >= 0.3 is 0 Å². The summed E-state index contributed by atoms with van der Waals surface area (Å²) in [6, 6.07) is 7.23. The highest BCUT2D eigenvalue weighted by molar-refractivity contribution is 5.92. The Bertz CT molecular complexity index is 532. The van der Waals surface area contributed by atoms with Crippen molar-refractivity contribution in [3.05, 3.63) is 29.6 Å². The zero-order valence-corrected chi connectivity index (χ0v) is 10.4. The number of aromatic nitrogens is 1. The maximum absolute atomic E-state index is 12.2. The molecule has 1 fully saturated rings. The summed E-state index contributed by atoms with van der Waals surface area (Å²) < 4.78 is 0. The Morgan fingerprint density at radius 3 is 2.53 bits per heavy atom. The molecule has 1 saturated heterocycles.